The molecule has 126 valence electrons. The van der Waals surface area contributed by atoms with E-state index in [2.05, 4.69) is 9.88 Å². The fourth-order valence-corrected chi connectivity index (χ4v) is 5.41. The molecule has 4 rings (SSSR count). The molecule has 0 amide bonds. The number of benzene rings is 1. The Labute approximate surface area is 142 Å². The van der Waals surface area contributed by atoms with Gasteiger partial charge in [-0.15, -0.1) is 0 Å². The highest BCUT2D eigenvalue weighted by atomic mass is 32.2. The van der Waals surface area contributed by atoms with Crippen molar-refractivity contribution in [1.82, 2.24) is 9.88 Å². The first-order valence-corrected chi connectivity index (χ1v) is 9.45. The highest BCUT2D eigenvalue weighted by Crippen LogP contribution is 2.43. The van der Waals surface area contributed by atoms with Crippen LogP contribution in [0.1, 0.15) is 12.0 Å². The predicted octanol–water partition coefficient (Wildman–Crippen LogP) is 1.86. The lowest BCUT2D eigenvalue weighted by molar-refractivity contribution is 0.411. The Morgan fingerprint density at radius 2 is 1.96 bits per heavy atom. The number of nitrogens with zero attached hydrogens (tertiary/aromatic N) is 4. The lowest BCUT2D eigenvalue weighted by atomic mass is 10.2. The molecule has 1 saturated heterocycles. The standard InChI is InChI=1S/C17H20N4O2S/c1-19-10-8-15(13-19)21-17-7-3-2-6-16(17)20(24(21,22)23)12-14-5-4-9-18-11-14/h2-7,9,11,15H,8,10,12-13H2,1H3/t15-/m1/s1. The molecular formula is C17H20N4O2S. The Balaban J connectivity index is 1.75. The molecule has 0 N–H and O–H groups in total. The molecule has 0 radical (unpaired) electrons. The SMILES string of the molecule is CN1CC[C@@H](N2c3ccccc3N(Cc3cccnc3)S2(=O)=O)C1. The van der Waals surface area contributed by atoms with Crippen molar-refractivity contribution in [1.29, 1.82) is 0 Å². The second-order valence-electron chi connectivity index (χ2n) is 6.36. The van der Waals surface area contributed by atoms with Gasteiger partial charge >= 0.3 is 10.2 Å². The molecule has 24 heavy (non-hydrogen) atoms. The third kappa shape index (κ3) is 2.44. The quantitative estimate of drug-likeness (QED) is 0.853. The van der Waals surface area contributed by atoms with Crippen molar-refractivity contribution in [3.63, 3.8) is 0 Å². The van der Waals surface area contributed by atoms with Crippen molar-refractivity contribution in [3.05, 3.63) is 54.4 Å². The fraction of sp³-hybridized carbons (Fsp3) is 0.353. The second-order valence-corrected chi connectivity index (χ2v) is 8.09. The van der Waals surface area contributed by atoms with Crippen molar-refractivity contribution in [3.8, 4) is 0 Å². The molecule has 1 fully saturated rings. The molecule has 1 aromatic heterocycles. The van der Waals surface area contributed by atoms with Crippen LogP contribution in [0.4, 0.5) is 11.4 Å². The van der Waals surface area contributed by atoms with Gasteiger partial charge in [-0.3, -0.25) is 4.98 Å². The maximum Gasteiger partial charge on any atom is 0.327 e. The summed E-state index contributed by atoms with van der Waals surface area (Å²) in [5.74, 6) is 0. The Bertz CT molecular complexity index is 841. The van der Waals surface area contributed by atoms with E-state index in [1.807, 2.05) is 43.4 Å². The van der Waals surface area contributed by atoms with Gasteiger partial charge in [-0.05, 0) is 43.8 Å². The van der Waals surface area contributed by atoms with Gasteiger partial charge in [0.05, 0.1) is 24.0 Å². The molecule has 7 heteroatoms. The van der Waals surface area contributed by atoms with Gasteiger partial charge in [0.1, 0.15) is 0 Å². The first kappa shape index (κ1) is 15.4. The number of fused-ring (bicyclic) bond motifs is 1. The van der Waals surface area contributed by atoms with Crippen LogP contribution in [0.3, 0.4) is 0 Å². The Morgan fingerprint density at radius 3 is 2.62 bits per heavy atom. The van der Waals surface area contributed by atoms with E-state index in [9.17, 15) is 8.42 Å². The van der Waals surface area contributed by atoms with E-state index in [0.29, 0.717) is 6.54 Å². The average Bonchev–Trinajstić information content (AvgIpc) is 3.08. The van der Waals surface area contributed by atoms with Gasteiger partial charge in [-0.2, -0.15) is 8.42 Å². The number of hydrogen-bond donors (Lipinski definition) is 0. The van der Waals surface area contributed by atoms with Crippen molar-refractivity contribution in [2.75, 3.05) is 28.7 Å². The van der Waals surface area contributed by atoms with E-state index in [0.717, 1.165) is 36.4 Å². The summed E-state index contributed by atoms with van der Waals surface area (Å²) in [5.41, 5.74) is 2.40. The van der Waals surface area contributed by atoms with Crippen LogP contribution >= 0.6 is 0 Å². The molecule has 0 saturated carbocycles. The number of likely N-dealkylation sites (tertiary alicyclic amines) is 1. The normalized spacial score (nSPS) is 22.8. The molecule has 0 bridgehead atoms. The highest BCUT2D eigenvalue weighted by molar-refractivity contribution is 7.94. The molecule has 6 nitrogen and oxygen atoms in total. The molecule has 2 aliphatic heterocycles. The summed E-state index contributed by atoms with van der Waals surface area (Å²) in [7, 11) is -1.55. The number of aromatic nitrogens is 1. The van der Waals surface area contributed by atoms with Crippen LogP contribution in [0.25, 0.3) is 0 Å². The Kier molecular flexibility index (Phi) is 3.69. The summed E-state index contributed by atoms with van der Waals surface area (Å²) in [6.45, 7) is 1.97. The molecule has 0 unspecified atom stereocenters. The molecule has 0 spiro atoms. The Hall–Kier alpha value is -2.12. The first-order valence-electron chi connectivity index (χ1n) is 8.06. The first-order chi connectivity index (χ1) is 11.6. The van der Waals surface area contributed by atoms with Gasteiger partial charge in [0.15, 0.2) is 0 Å². The molecular weight excluding hydrogens is 324 g/mol. The molecule has 3 heterocycles. The summed E-state index contributed by atoms with van der Waals surface area (Å²) in [6, 6.07) is 11.3. The van der Waals surface area contributed by atoms with E-state index in [1.165, 1.54) is 4.31 Å². The van der Waals surface area contributed by atoms with Gasteiger partial charge in [0.2, 0.25) is 0 Å². The maximum atomic E-state index is 13.3. The van der Waals surface area contributed by atoms with Gasteiger partial charge in [0, 0.05) is 18.9 Å². The molecule has 2 aliphatic rings. The summed E-state index contributed by atoms with van der Waals surface area (Å²) in [6.07, 6.45) is 4.26. The van der Waals surface area contributed by atoms with Gasteiger partial charge in [-0.1, -0.05) is 18.2 Å². The van der Waals surface area contributed by atoms with Crippen LogP contribution in [0.5, 0.6) is 0 Å². The minimum Gasteiger partial charge on any atom is -0.304 e. The van der Waals surface area contributed by atoms with Crippen LogP contribution in [0.2, 0.25) is 0 Å². The predicted molar refractivity (Wildman–Crippen MR) is 94.2 cm³/mol. The smallest absolute Gasteiger partial charge is 0.304 e. The zero-order valence-corrected chi connectivity index (χ0v) is 14.4. The lowest BCUT2D eigenvalue weighted by Gasteiger charge is -2.26. The summed E-state index contributed by atoms with van der Waals surface area (Å²) in [4.78, 5) is 6.27. The van der Waals surface area contributed by atoms with Crippen LogP contribution in [0.15, 0.2) is 48.8 Å². The third-order valence-electron chi connectivity index (χ3n) is 4.66. The van der Waals surface area contributed by atoms with Gasteiger partial charge < -0.3 is 4.90 Å². The monoisotopic (exact) mass is 344 g/mol. The number of pyridine rings is 1. The molecule has 1 aromatic carbocycles. The van der Waals surface area contributed by atoms with E-state index in [-0.39, 0.29) is 6.04 Å². The van der Waals surface area contributed by atoms with E-state index >= 15 is 0 Å². The Morgan fingerprint density at radius 1 is 1.17 bits per heavy atom. The van der Waals surface area contributed by atoms with E-state index < -0.39 is 10.2 Å². The highest BCUT2D eigenvalue weighted by Gasteiger charge is 2.45. The zero-order valence-electron chi connectivity index (χ0n) is 13.5. The molecule has 1 atom stereocenters. The van der Waals surface area contributed by atoms with Crippen molar-refractivity contribution in [2.24, 2.45) is 0 Å². The lowest BCUT2D eigenvalue weighted by Crippen LogP contribution is -2.44. The van der Waals surface area contributed by atoms with Crippen molar-refractivity contribution >= 4 is 21.6 Å². The second kappa shape index (κ2) is 5.75. The van der Waals surface area contributed by atoms with E-state index in [4.69, 9.17) is 0 Å². The number of hydrogen-bond acceptors (Lipinski definition) is 4. The minimum atomic E-state index is -3.58. The fourth-order valence-electron chi connectivity index (χ4n) is 3.53. The number of rotatable bonds is 3. The average molecular weight is 344 g/mol. The van der Waals surface area contributed by atoms with E-state index in [1.54, 1.807) is 16.7 Å². The van der Waals surface area contributed by atoms with Crippen LogP contribution in [-0.4, -0.2) is 44.5 Å². The van der Waals surface area contributed by atoms with Crippen LogP contribution in [-0.2, 0) is 16.8 Å². The summed E-state index contributed by atoms with van der Waals surface area (Å²) in [5, 5.41) is 0. The summed E-state index contributed by atoms with van der Waals surface area (Å²) < 4.78 is 29.6. The molecule has 0 aliphatic carbocycles. The zero-order chi connectivity index (χ0) is 16.7. The van der Waals surface area contributed by atoms with Crippen LogP contribution < -0.4 is 8.61 Å². The third-order valence-corrected chi connectivity index (χ3v) is 6.54. The minimum absolute atomic E-state index is 0.0138. The van der Waals surface area contributed by atoms with Crippen molar-refractivity contribution in [2.45, 2.75) is 19.0 Å². The van der Waals surface area contributed by atoms with Crippen LogP contribution in [0, 0.1) is 0 Å². The maximum absolute atomic E-state index is 13.3. The van der Waals surface area contributed by atoms with Crippen molar-refractivity contribution < 1.29 is 8.42 Å². The number of para-hydroxylation sites is 2. The number of anilines is 2. The van der Waals surface area contributed by atoms with Gasteiger partial charge in [0.25, 0.3) is 0 Å². The van der Waals surface area contributed by atoms with Gasteiger partial charge in [-0.25, -0.2) is 8.61 Å². The number of likely N-dealkylation sites (N-methyl/N-ethyl adjacent to an activating group) is 1. The molecule has 2 aromatic rings. The largest absolute Gasteiger partial charge is 0.327 e. The topological polar surface area (TPSA) is 56.8 Å². The summed E-state index contributed by atoms with van der Waals surface area (Å²) >= 11 is 0.